The van der Waals surface area contributed by atoms with E-state index in [1.165, 1.54) is 12.1 Å². The first-order valence-electron chi connectivity index (χ1n) is 8.28. The average molecular weight is 385 g/mol. The van der Waals surface area contributed by atoms with Crippen LogP contribution in [0.2, 0.25) is 0 Å². The molecule has 0 saturated carbocycles. The zero-order valence-electron chi connectivity index (χ0n) is 15.1. The maximum atomic E-state index is 13.5. The molecule has 0 unspecified atom stereocenters. The molecule has 0 aliphatic heterocycles. The number of halogens is 1. The van der Waals surface area contributed by atoms with Gasteiger partial charge in [-0.25, -0.2) is 4.39 Å². The summed E-state index contributed by atoms with van der Waals surface area (Å²) >= 11 is 1.54. The van der Waals surface area contributed by atoms with Crippen LogP contribution in [0.1, 0.15) is 17.0 Å². The Hall–Kier alpha value is -2.87. The predicted octanol–water partition coefficient (Wildman–Crippen LogP) is 4.09. The van der Waals surface area contributed by atoms with E-state index in [0.717, 1.165) is 16.8 Å². The van der Waals surface area contributed by atoms with Gasteiger partial charge in [0.15, 0.2) is 0 Å². The number of hydrogen-bond acceptors (Lipinski definition) is 7. The van der Waals surface area contributed by atoms with Gasteiger partial charge in [-0.3, -0.25) is 0 Å². The van der Waals surface area contributed by atoms with Crippen molar-refractivity contribution in [1.82, 2.24) is 15.0 Å². The van der Waals surface area contributed by atoms with Crippen LogP contribution in [0.15, 0.2) is 42.5 Å². The number of para-hydroxylation sites is 1. The molecular formula is C19H20FN5OS. The molecule has 3 aromatic rings. The van der Waals surface area contributed by atoms with E-state index in [4.69, 9.17) is 10.5 Å². The normalized spacial score (nSPS) is 10.6. The van der Waals surface area contributed by atoms with Gasteiger partial charge >= 0.3 is 0 Å². The van der Waals surface area contributed by atoms with E-state index in [-0.39, 0.29) is 11.8 Å². The van der Waals surface area contributed by atoms with E-state index in [0.29, 0.717) is 29.0 Å². The lowest BCUT2D eigenvalue weighted by Gasteiger charge is -2.10. The number of nitrogens with two attached hydrogens (primary N) is 1. The van der Waals surface area contributed by atoms with Gasteiger partial charge < -0.3 is 15.8 Å². The lowest BCUT2D eigenvalue weighted by molar-refractivity contribution is 0.410. The smallest absolute Gasteiger partial charge is 0.232 e. The third-order valence-corrected chi connectivity index (χ3v) is 4.80. The number of aryl methyl sites for hydroxylation is 1. The fourth-order valence-electron chi connectivity index (χ4n) is 2.50. The molecule has 3 rings (SSSR count). The molecule has 0 radical (unpaired) electrons. The van der Waals surface area contributed by atoms with Crippen molar-refractivity contribution in [3.05, 3.63) is 65.2 Å². The van der Waals surface area contributed by atoms with Gasteiger partial charge in [0.25, 0.3) is 0 Å². The van der Waals surface area contributed by atoms with Crippen molar-refractivity contribution in [2.24, 2.45) is 0 Å². The SMILES string of the molecule is COc1ccc(F)cc1CSCc1nc(N)nc(Nc2ccccc2C)n1. The van der Waals surface area contributed by atoms with E-state index < -0.39 is 0 Å². The predicted molar refractivity (Wildman–Crippen MR) is 107 cm³/mol. The molecule has 0 atom stereocenters. The van der Waals surface area contributed by atoms with Crippen molar-refractivity contribution < 1.29 is 9.13 Å². The average Bonchev–Trinajstić information content (AvgIpc) is 2.63. The highest BCUT2D eigenvalue weighted by molar-refractivity contribution is 7.97. The van der Waals surface area contributed by atoms with Crippen molar-refractivity contribution in [3.8, 4) is 5.75 Å². The molecule has 0 fully saturated rings. The number of hydrogen-bond donors (Lipinski definition) is 2. The van der Waals surface area contributed by atoms with E-state index in [9.17, 15) is 4.39 Å². The molecule has 6 nitrogen and oxygen atoms in total. The summed E-state index contributed by atoms with van der Waals surface area (Å²) in [5.41, 5.74) is 8.58. The summed E-state index contributed by atoms with van der Waals surface area (Å²) in [6.07, 6.45) is 0. The summed E-state index contributed by atoms with van der Waals surface area (Å²) in [4.78, 5) is 12.7. The summed E-state index contributed by atoms with van der Waals surface area (Å²) in [7, 11) is 1.57. The fourth-order valence-corrected chi connectivity index (χ4v) is 3.36. The Labute approximate surface area is 161 Å². The first-order chi connectivity index (χ1) is 13.0. The Balaban J connectivity index is 1.68. The molecule has 2 aromatic carbocycles. The minimum absolute atomic E-state index is 0.153. The quantitative estimate of drug-likeness (QED) is 0.633. The first kappa shape index (κ1) is 18.9. The van der Waals surface area contributed by atoms with Crippen LogP contribution in [-0.2, 0) is 11.5 Å². The van der Waals surface area contributed by atoms with Gasteiger partial charge in [0.1, 0.15) is 17.4 Å². The zero-order valence-corrected chi connectivity index (χ0v) is 15.9. The van der Waals surface area contributed by atoms with Gasteiger partial charge in [-0.2, -0.15) is 15.0 Å². The lowest BCUT2D eigenvalue weighted by Crippen LogP contribution is -2.07. The van der Waals surface area contributed by atoms with Crippen LogP contribution in [0.4, 0.5) is 22.0 Å². The molecule has 8 heteroatoms. The van der Waals surface area contributed by atoms with Crippen LogP contribution in [0.25, 0.3) is 0 Å². The van der Waals surface area contributed by atoms with Gasteiger partial charge in [-0.15, -0.1) is 11.8 Å². The van der Waals surface area contributed by atoms with Crippen molar-refractivity contribution in [3.63, 3.8) is 0 Å². The van der Waals surface area contributed by atoms with Gasteiger partial charge in [-0.05, 0) is 36.8 Å². The molecule has 0 spiro atoms. The lowest BCUT2D eigenvalue weighted by atomic mass is 10.2. The van der Waals surface area contributed by atoms with Crippen LogP contribution in [0.5, 0.6) is 5.75 Å². The largest absolute Gasteiger partial charge is 0.496 e. The third-order valence-electron chi connectivity index (χ3n) is 3.82. The Bertz CT molecular complexity index is 938. The van der Waals surface area contributed by atoms with Crippen LogP contribution < -0.4 is 15.8 Å². The number of benzene rings is 2. The number of nitrogen functional groups attached to an aromatic ring is 1. The Morgan fingerprint density at radius 2 is 1.93 bits per heavy atom. The maximum absolute atomic E-state index is 13.5. The number of thioether (sulfide) groups is 1. The second-order valence-electron chi connectivity index (χ2n) is 5.82. The second kappa shape index (κ2) is 8.68. The molecule has 0 saturated heterocycles. The molecule has 140 valence electrons. The van der Waals surface area contributed by atoms with E-state index in [2.05, 4.69) is 20.3 Å². The fraction of sp³-hybridized carbons (Fsp3) is 0.211. The summed E-state index contributed by atoms with van der Waals surface area (Å²) in [6, 6.07) is 12.3. The Kier molecular flexibility index (Phi) is 6.08. The molecular weight excluding hydrogens is 365 g/mol. The highest BCUT2D eigenvalue weighted by Crippen LogP contribution is 2.26. The number of ether oxygens (including phenoxy) is 1. The van der Waals surface area contributed by atoms with Crippen molar-refractivity contribution in [1.29, 1.82) is 0 Å². The van der Waals surface area contributed by atoms with Gasteiger partial charge in [0.05, 0.1) is 12.9 Å². The number of anilines is 3. The molecule has 0 amide bonds. The molecule has 27 heavy (non-hydrogen) atoms. The van der Waals surface area contributed by atoms with Crippen LogP contribution >= 0.6 is 11.8 Å². The molecule has 0 aliphatic carbocycles. The number of nitrogens with one attached hydrogen (secondary N) is 1. The number of methoxy groups -OCH3 is 1. The highest BCUT2D eigenvalue weighted by Gasteiger charge is 2.09. The molecule has 1 heterocycles. The number of rotatable bonds is 7. The third kappa shape index (κ3) is 5.07. The summed E-state index contributed by atoms with van der Waals surface area (Å²) in [6.45, 7) is 2.00. The standard InChI is InChI=1S/C19H20FN5OS/c1-12-5-3-4-6-15(12)22-19-24-17(23-18(21)25-19)11-27-10-13-9-14(20)7-8-16(13)26-2/h3-9H,10-11H2,1-2H3,(H3,21,22,23,24,25). The van der Waals surface area contributed by atoms with E-state index in [1.807, 2.05) is 31.2 Å². The van der Waals surface area contributed by atoms with Crippen molar-refractivity contribution in [2.45, 2.75) is 18.4 Å². The van der Waals surface area contributed by atoms with Crippen molar-refractivity contribution >= 4 is 29.3 Å². The monoisotopic (exact) mass is 385 g/mol. The molecule has 3 N–H and O–H groups in total. The summed E-state index contributed by atoms with van der Waals surface area (Å²) < 4.78 is 18.7. The van der Waals surface area contributed by atoms with Crippen LogP contribution in [0, 0.1) is 12.7 Å². The Morgan fingerprint density at radius 3 is 2.70 bits per heavy atom. The van der Waals surface area contributed by atoms with Gasteiger partial charge in [0.2, 0.25) is 11.9 Å². The molecule has 0 aliphatic rings. The van der Waals surface area contributed by atoms with Gasteiger partial charge in [0, 0.05) is 17.0 Å². The topological polar surface area (TPSA) is 86.0 Å². The summed E-state index contributed by atoms with van der Waals surface area (Å²) in [5.74, 6) is 2.54. The molecule has 0 bridgehead atoms. The summed E-state index contributed by atoms with van der Waals surface area (Å²) in [5, 5.41) is 3.17. The number of aromatic nitrogens is 3. The van der Waals surface area contributed by atoms with E-state index in [1.54, 1.807) is 24.9 Å². The zero-order chi connectivity index (χ0) is 19.2. The molecule has 1 aromatic heterocycles. The maximum Gasteiger partial charge on any atom is 0.232 e. The van der Waals surface area contributed by atoms with Crippen LogP contribution in [-0.4, -0.2) is 22.1 Å². The number of nitrogens with zero attached hydrogens (tertiary/aromatic N) is 3. The second-order valence-corrected chi connectivity index (χ2v) is 6.81. The van der Waals surface area contributed by atoms with Crippen LogP contribution in [0.3, 0.4) is 0 Å². The van der Waals surface area contributed by atoms with Gasteiger partial charge in [-0.1, -0.05) is 18.2 Å². The highest BCUT2D eigenvalue weighted by atomic mass is 32.2. The van der Waals surface area contributed by atoms with E-state index >= 15 is 0 Å². The minimum atomic E-state index is -0.291. The first-order valence-corrected chi connectivity index (χ1v) is 9.44. The Morgan fingerprint density at radius 1 is 1.11 bits per heavy atom. The van der Waals surface area contributed by atoms with Crippen molar-refractivity contribution in [2.75, 3.05) is 18.2 Å². The minimum Gasteiger partial charge on any atom is -0.496 e.